The summed E-state index contributed by atoms with van der Waals surface area (Å²) in [5, 5.41) is 5.39. The van der Waals surface area contributed by atoms with Crippen LogP contribution in [0.25, 0.3) is 10.6 Å². The van der Waals surface area contributed by atoms with Crippen molar-refractivity contribution in [3.63, 3.8) is 0 Å². The highest BCUT2D eigenvalue weighted by Crippen LogP contribution is 2.24. The Labute approximate surface area is 181 Å². The summed E-state index contributed by atoms with van der Waals surface area (Å²) in [6.07, 6.45) is 1.11. The van der Waals surface area contributed by atoms with Gasteiger partial charge in [-0.1, -0.05) is 61.5 Å². The zero-order chi connectivity index (χ0) is 21.4. The van der Waals surface area contributed by atoms with Crippen LogP contribution in [0.15, 0.2) is 60.0 Å². The molecule has 8 heteroatoms. The summed E-state index contributed by atoms with van der Waals surface area (Å²) in [6, 6.07) is 17.5. The van der Waals surface area contributed by atoms with E-state index in [1.54, 1.807) is 0 Å². The van der Waals surface area contributed by atoms with Gasteiger partial charge in [0.25, 0.3) is 0 Å². The smallest absolute Gasteiger partial charge is 0.226 e. The van der Waals surface area contributed by atoms with Crippen LogP contribution in [0.3, 0.4) is 0 Å². The first kappa shape index (κ1) is 22.1. The van der Waals surface area contributed by atoms with E-state index in [1.807, 2.05) is 47.8 Å². The van der Waals surface area contributed by atoms with E-state index in [9.17, 15) is 13.2 Å². The summed E-state index contributed by atoms with van der Waals surface area (Å²) in [5.74, 6) is -0.413. The van der Waals surface area contributed by atoms with Crippen molar-refractivity contribution in [3.8, 4) is 10.6 Å². The fraction of sp³-hybridized carbons (Fsp3) is 0.273. The molecule has 1 heterocycles. The lowest BCUT2D eigenvalue weighted by molar-refractivity contribution is -0.120. The zero-order valence-electron chi connectivity index (χ0n) is 16.8. The zero-order valence-corrected chi connectivity index (χ0v) is 18.4. The molecule has 0 unspecified atom stereocenters. The molecule has 158 valence electrons. The predicted molar refractivity (Wildman–Crippen MR) is 121 cm³/mol. The largest absolute Gasteiger partial charge is 0.355 e. The van der Waals surface area contributed by atoms with Crippen LogP contribution in [0, 0.1) is 0 Å². The number of benzene rings is 2. The van der Waals surface area contributed by atoms with Crippen LogP contribution in [0.4, 0.5) is 0 Å². The number of hydrogen-bond donors (Lipinski definition) is 2. The summed E-state index contributed by atoms with van der Waals surface area (Å²) in [4.78, 5) is 16.7. The van der Waals surface area contributed by atoms with Gasteiger partial charge in [-0.05, 0) is 17.5 Å². The van der Waals surface area contributed by atoms with Crippen molar-refractivity contribution in [2.24, 2.45) is 0 Å². The molecule has 0 saturated carbocycles. The molecular formula is C22H25N3O3S2. The maximum atomic E-state index is 12.1. The fourth-order valence-electron chi connectivity index (χ4n) is 2.82. The molecule has 0 radical (unpaired) electrons. The molecule has 6 nitrogen and oxygen atoms in total. The average molecular weight is 444 g/mol. The van der Waals surface area contributed by atoms with E-state index in [0.717, 1.165) is 22.6 Å². The van der Waals surface area contributed by atoms with Crippen molar-refractivity contribution in [2.75, 3.05) is 12.3 Å². The minimum Gasteiger partial charge on any atom is -0.355 e. The van der Waals surface area contributed by atoms with E-state index in [0.29, 0.717) is 5.69 Å². The first-order valence-electron chi connectivity index (χ1n) is 9.77. The SMILES string of the molecule is CCc1ccc(-c2nc(CC(=O)NCCS(=O)(=O)NCc3ccccc3)cs2)cc1. The third kappa shape index (κ3) is 6.76. The Morgan fingerprint density at radius 1 is 1.03 bits per heavy atom. The number of amides is 1. The molecular weight excluding hydrogens is 418 g/mol. The van der Waals surface area contributed by atoms with Crippen LogP contribution in [0.1, 0.15) is 23.7 Å². The number of nitrogens with zero attached hydrogens (tertiary/aromatic N) is 1. The molecule has 30 heavy (non-hydrogen) atoms. The van der Waals surface area contributed by atoms with E-state index < -0.39 is 10.0 Å². The van der Waals surface area contributed by atoms with Gasteiger partial charge in [-0.25, -0.2) is 18.1 Å². The normalized spacial score (nSPS) is 11.4. The Bertz CT molecular complexity index is 1060. The lowest BCUT2D eigenvalue weighted by Crippen LogP contribution is -2.34. The third-order valence-corrected chi connectivity index (χ3v) is 6.80. The summed E-state index contributed by atoms with van der Waals surface area (Å²) in [5.41, 5.74) is 3.86. The van der Waals surface area contributed by atoms with Gasteiger partial charge in [-0.15, -0.1) is 11.3 Å². The van der Waals surface area contributed by atoms with Crippen molar-refractivity contribution in [3.05, 3.63) is 76.8 Å². The van der Waals surface area contributed by atoms with Gasteiger partial charge < -0.3 is 5.32 Å². The van der Waals surface area contributed by atoms with E-state index in [-0.39, 0.29) is 31.2 Å². The topological polar surface area (TPSA) is 88.2 Å². The Morgan fingerprint density at radius 2 is 1.77 bits per heavy atom. The number of aryl methyl sites for hydroxylation is 1. The first-order valence-corrected chi connectivity index (χ1v) is 12.3. The maximum Gasteiger partial charge on any atom is 0.226 e. The quantitative estimate of drug-likeness (QED) is 0.504. The minimum absolute atomic E-state index is 0.0540. The molecule has 2 N–H and O–H groups in total. The molecule has 0 atom stereocenters. The van der Waals surface area contributed by atoms with E-state index in [4.69, 9.17) is 0 Å². The molecule has 3 rings (SSSR count). The second kappa shape index (κ2) is 10.5. The summed E-state index contributed by atoms with van der Waals surface area (Å²) in [7, 11) is -3.46. The third-order valence-electron chi connectivity index (χ3n) is 4.53. The number of nitrogens with one attached hydrogen (secondary N) is 2. The van der Waals surface area contributed by atoms with Gasteiger partial charge in [-0.3, -0.25) is 4.79 Å². The molecule has 3 aromatic rings. The lowest BCUT2D eigenvalue weighted by Gasteiger charge is -2.08. The van der Waals surface area contributed by atoms with Gasteiger partial charge in [0.1, 0.15) is 5.01 Å². The first-order chi connectivity index (χ1) is 14.4. The Morgan fingerprint density at radius 3 is 2.47 bits per heavy atom. The number of carbonyl (C=O) groups is 1. The van der Waals surface area contributed by atoms with Crippen molar-refractivity contribution in [1.29, 1.82) is 0 Å². The van der Waals surface area contributed by atoms with Crippen LogP contribution >= 0.6 is 11.3 Å². The van der Waals surface area contributed by atoms with Crippen LogP contribution in [0.2, 0.25) is 0 Å². The second-order valence-electron chi connectivity index (χ2n) is 6.85. The molecule has 0 bridgehead atoms. The molecule has 1 aromatic heterocycles. The summed E-state index contributed by atoms with van der Waals surface area (Å²) in [6.45, 7) is 2.40. The van der Waals surface area contributed by atoms with E-state index >= 15 is 0 Å². The second-order valence-corrected chi connectivity index (χ2v) is 9.63. The number of carbonyl (C=O) groups excluding carboxylic acids is 1. The van der Waals surface area contributed by atoms with Gasteiger partial charge in [0, 0.05) is 24.0 Å². The number of sulfonamides is 1. The highest BCUT2D eigenvalue weighted by molar-refractivity contribution is 7.89. The Balaban J connectivity index is 1.43. The van der Waals surface area contributed by atoms with Crippen LogP contribution in [0.5, 0.6) is 0 Å². The van der Waals surface area contributed by atoms with Crippen LogP contribution in [-0.2, 0) is 34.2 Å². The monoisotopic (exact) mass is 443 g/mol. The summed E-state index contributed by atoms with van der Waals surface area (Å²) < 4.78 is 26.7. The van der Waals surface area contributed by atoms with Gasteiger partial charge in [0.2, 0.25) is 15.9 Å². The number of rotatable bonds is 10. The minimum atomic E-state index is -3.46. The lowest BCUT2D eigenvalue weighted by atomic mass is 10.1. The maximum absolute atomic E-state index is 12.1. The number of hydrogen-bond acceptors (Lipinski definition) is 5. The fourth-order valence-corrected chi connectivity index (χ4v) is 4.54. The highest BCUT2D eigenvalue weighted by atomic mass is 32.2. The molecule has 1 amide bonds. The van der Waals surface area contributed by atoms with Gasteiger partial charge >= 0.3 is 0 Å². The number of aromatic nitrogens is 1. The molecule has 0 saturated heterocycles. The standard InChI is InChI=1S/C22H25N3O3S2/c1-2-17-8-10-19(11-9-17)22-25-20(16-29-22)14-21(26)23-12-13-30(27,28)24-15-18-6-4-3-5-7-18/h3-11,16,24H,2,12-15H2,1H3,(H,23,26). The van der Waals surface area contributed by atoms with E-state index in [2.05, 4.69) is 34.1 Å². The van der Waals surface area contributed by atoms with Gasteiger partial charge in [0.15, 0.2) is 0 Å². The van der Waals surface area contributed by atoms with Crippen molar-refractivity contribution in [2.45, 2.75) is 26.3 Å². The molecule has 0 aliphatic carbocycles. The van der Waals surface area contributed by atoms with Crippen LogP contribution < -0.4 is 10.0 Å². The van der Waals surface area contributed by atoms with Crippen LogP contribution in [-0.4, -0.2) is 31.6 Å². The molecule has 0 spiro atoms. The average Bonchev–Trinajstić information content (AvgIpc) is 3.21. The molecule has 2 aromatic carbocycles. The van der Waals surface area contributed by atoms with E-state index in [1.165, 1.54) is 16.9 Å². The van der Waals surface area contributed by atoms with Gasteiger partial charge in [-0.2, -0.15) is 0 Å². The predicted octanol–water partition coefficient (Wildman–Crippen LogP) is 3.15. The van der Waals surface area contributed by atoms with Crippen molar-refractivity contribution < 1.29 is 13.2 Å². The van der Waals surface area contributed by atoms with Gasteiger partial charge in [0.05, 0.1) is 17.9 Å². The summed E-state index contributed by atoms with van der Waals surface area (Å²) >= 11 is 1.49. The van der Waals surface area contributed by atoms with Crippen molar-refractivity contribution >= 4 is 27.3 Å². The Kier molecular flexibility index (Phi) is 7.73. The Hall–Kier alpha value is -2.55. The highest BCUT2D eigenvalue weighted by Gasteiger charge is 2.12. The van der Waals surface area contributed by atoms with Crippen molar-refractivity contribution in [1.82, 2.24) is 15.0 Å². The molecule has 0 fully saturated rings. The molecule has 0 aliphatic heterocycles. The molecule has 0 aliphatic rings. The number of thiazole rings is 1.